The lowest BCUT2D eigenvalue weighted by atomic mass is 10.2. The van der Waals surface area contributed by atoms with Gasteiger partial charge in [-0.3, -0.25) is 4.98 Å². The molecule has 1 fully saturated rings. The van der Waals surface area contributed by atoms with Gasteiger partial charge in [-0.25, -0.2) is 4.99 Å². The number of nitrogens with one attached hydrogen (secondary N) is 2. The van der Waals surface area contributed by atoms with Crippen LogP contribution in [-0.2, 0) is 6.54 Å². The fraction of sp³-hybridized carbons (Fsp3) is 0.368. The molecule has 1 saturated heterocycles. The molecule has 2 heterocycles. The molecule has 26 heavy (non-hydrogen) atoms. The van der Waals surface area contributed by atoms with Crippen LogP contribution in [0.25, 0.3) is 0 Å². The smallest absolute Gasteiger partial charge is 0.191 e. The van der Waals surface area contributed by atoms with E-state index in [0.29, 0.717) is 12.6 Å². The zero-order valence-electron chi connectivity index (χ0n) is 14.9. The highest BCUT2D eigenvalue weighted by Crippen LogP contribution is 2.28. The minimum atomic E-state index is 0. The summed E-state index contributed by atoms with van der Waals surface area (Å²) in [7, 11) is 0. The second kappa shape index (κ2) is 10.7. The first-order valence-electron chi connectivity index (χ1n) is 8.70. The van der Waals surface area contributed by atoms with Gasteiger partial charge in [-0.2, -0.15) is 0 Å². The molecule has 1 aromatic heterocycles. The largest absolute Gasteiger partial charge is 0.368 e. The van der Waals surface area contributed by atoms with Gasteiger partial charge in [-0.15, -0.1) is 24.0 Å². The van der Waals surface area contributed by atoms with E-state index in [0.717, 1.165) is 42.2 Å². The first kappa shape index (κ1) is 21.0. The first-order chi connectivity index (χ1) is 12.3. The minimum absolute atomic E-state index is 0. The number of benzene rings is 1. The number of para-hydroxylation sites is 1. The lowest BCUT2D eigenvalue weighted by Crippen LogP contribution is -2.44. The standard InChI is InChI=1S/C19H24BrN5.HI/c1-2-21-19(23-13-15-7-5-6-11-22-15)24-16-10-12-25(14-16)18-9-4-3-8-17(18)20;/h3-9,11,16H,2,10,12-14H2,1H3,(H2,21,23,24);1H. The van der Waals surface area contributed by atoms with Crippen LogP contribution in [0.1, 0.15) is 19.0 Å². The van der Waals surface area contributed by atoms with Crippen molar-refractivity contribution in [1.82, 2.24) is 15.6 Å². The van der Waals surface area contributed by atoms with Crippen molar-refractivity contribution >= 4 is 51.6 Å². The minimum Gasteiger partial charge on any atom is -0.368 e. The third-order valence-corrected chi connectivity index (χ3v) is 4.86. The molecule has 1 aliphatic heterocycles. The molecule has 0 bridgehead atoms. The predicted molar refractivity (Wildman–Crippen MR) is 122 cm³/mol. The normalized spacial score (nSPS) is 16.9. The van der Waals surface area contributed by atoms with Crippen LogP contribution in [0.2, 0.25) is 0 Å². The summed E-state index contributed by atoms with van der Waals surface area (Å²) >= 11 is 3.65. The van der Waals surface area contributed by atoms with Gasteiger partial charge in [0.05, 0.1) is 17.9 Å². The number of hydrogen-bond donors (Lipinski definition) is 2. The molecule has 0 spiro atoms. The average molecular weight is 530 g/mol. The molecule has 0 aliphatic carbocycles. The maximum Gasteiger partial charge on any atom is 0.191 e. The van der Waals surface area contributed by atoms with Gasteiger partial charge in [0.2, 0.25) is 0 Å². The monoisotopic (exact) mass is 529 g/mol. The summed E-state index contributed by atoms with van der Waals surface area (Å²) in [5, 5.41) is 6.89. The van der Waals surface area contributed by atoms with E-state index < -0.39 is 0 Å². The van der Waals surface area contributed by atoms with Gasteiger partial charge in [0.15, 0.2) is 5.96 Å². The molecule has 140 valence electrons. The lowest BCUT2D eigenvalue weighted by molar-refractivity contribution is 0.648. The van der Waals surface area contributed by atoms with Gasteiger partial charge in [0.1, 0.15) is 0 Å². The maximum absolute atomic E-state index is 4.67. The van der Waals surface area contributed by atoms with Crippen LogP contribution >= 0.6 is 39.9 Å². The lowest BCUT2D eigenvalue weighted by Gasteiger charge is -2.21. The van der Waals surface area contributed by atoms with Gasteiger partial charge < -0.3 is 15.5 Å². The summed E-state index contributed by atoms with van der Waals surface area (Å²) in [4.78, 5) is 11.4. The molecule has 1 aromatic carbocycles. The van der Waals surface area contributed by atoms with Crippen molar-refractivity contribution in [3.63, 3.8) is 0 Å². The maximum atomic E-state index is 4.67. The number of nitrogens with zero attached hydrogens (tertiary/aromatic N) is 3. The second-order valence-corrected chi connectivity index (χ2v) is 6.90. The van der Waals surface area contributed by atoms with E-state index in [-0.39, 0.29) is 24.0 Å². The number of aliphatic imine (C=N–C) groups is 1. The highest BCUT2D eigenvalue weighted by Gasteiger charge is 2.24. The molecular formula is C19H25BrIN5. The van der Waals surface area contributed by atoms with Gasteiger partial charge >= 0.3 is 0 Å². The van der Waals surface area contributed by atoms with Crippen LogP contribution in [0.3, 0.4) is 0 Å². The number of guanidine groups is 1. The summed E-state index contributed by atoms with van der Waals surface area (Å²) < 4.78 is 1.14. The molecule has 1 aliphatic rings. The summed E-state index contributed by atoms with van der Waals surface area (Å²) in [6.45, 7) is 5.52. The highest BCUT2D eigenvalue weighted by molar-refractivity contribution is 14.0. The molecule has 2 N–H and O–H groups in total. The summed E-state index contributed by atoms with van der Waals surface area (Å²) in [6.07, 6.45) is 2.90. The Morgan fingerprint density at radius 2 is 2.08 bits per heavy atom. The number of hydrogen-bond acceptors (Lipinski definition) is 3. The molecule has 0 saturated carbocycles. The quantitative estimate of drug-likeness (QED) is 0.351. The molecule has 0 radical (unpaired) electrons. The van der Waals surface area contributed by atoms with Crippen molar-refractivity contribution in [2.75, 3.05) is 24.5 Å². The number of aromatic nitrogens is 1. The van der Waals surface area contributed by atoms with Crippen LogP contribution in [0.15, 0.2) is 58.1 Å². The van der Waals surface area contributed by atoms with E-state index in [1.54, 1.807) is 6.20 Å². The fourth-order valence-electron chi connectivity index (χ4n) is 2.97. The number of anilines is 1. The Bertz CT molecular complexity index is 710. The van der Waals surface area contributed by atoms with Gasteiger partial charge in [0.25, 0.3) is 0 Å². The molecule has 3 rings (SSSR count). The van der Waals surface area contributed by atoms with Crippen molar-refractivity contribution in [2.45, 2.75) is 25.9 Å². The van der Waals surface area contributed by atoms with Gasteiger partial charge in [-0.1, -0.05) is 18.2 Å². The Kier molecular flexibility index (Phi) is 8.64. The van der Waals surface area contributed by atoms with E-state index >= 15 is 0 Å². The third kappa shape index (κ3) is 5.84. The summed E-state index contributed by atoms with van der Waals surface area (Å²) in [5.41, 5.74) is 2.23. The Morgan fingerprint density at radius 1 is 1.27 bits per heavy atom. The van der Waals surface area contributed by atoms with Crippen molar-refractivity contribution in [2.24, 2.45) is 4.99 Å². The van der Waals surface area contributed by atoms with E-state index in [9.17, 15) is 0 Å². The molecule has 5 nitrogen and oxygen atoms in total. The van der Waals surface area contributed by atoms with Gasteiger partial charge in [0, 0.05) is 36.3 Å². The molecule has 1 unspecified atom stereocenters. The van der Waals surface area contributed by atoms with Crippen molar-refractivity contribution in [3.8, 4) is 0 Å². The Labute approximate surface area is 180 Å². The second-order valence-electron chi connectivity index (χ2n) is 6.04. The molecule has 2 aromatic rings. The summed E-state index contributed by atoms with van der Waals surface area (Å²) in [5.74, 6) is 0.854. The van der Waals surface area contributed by atoms with Crippen LogP contribution in [0, 0.1) is 0 Å². The van der Waals surface area contributed by atoms with E-state index in [4.69, 9.17) is 0 Å². The third-order valence-electron chi connectivity index (χ3n) is 4.19. The van der Waals surface area contributed by atoms with Crippen LogP contribution in [0.5, 0.6) is 0 Å². The molecular weight excluding hydrogens is 505 g/mol. The van der Waals surface area contributed by atoms with E-state index in [1.165, 1.54) is 5.69 Å². The van der Waals surface area contributed by atoms with Crippen molar-refractivity contribution < 1.29 is 0 Å². The van der Waals surface area contributed by atoms with Crippen LogP contribution < -0.4 is 15.5 Å². The molecule has 0 amide bonds. The van der Waals surface area contributed by atoms with E-state index in [1.807, 2.05) is 24.3 Å². The predicted octanol–water partition coefficient (Wildman–Crippen LogP) is 3.80. The number of pyridine rings is 1. The SMILES string of the molecule is CCNC(=NCc1ccccn1)NC1CCN(c2ccccc2Br)C1.I. The van der Waals surface area contributed by atoms with Gasteiger partial charge in [-0.05, 0) is 53.5 Å². The summed E-state index contributed by atoms with van der Waals surface area (Å²) in [6, 6.07) is 14.7. The van der Waals surface area contributed by atoms with Crippen molar-refractivity contribution in [3.05, 3.63) is 58.8 Å². The highest BCUT2D eigenvalue weighted by atomic mass is 127. The first-order valence-corrected chi connectivity index (χ1v) is 9.50. The zero-order valence-corrected chi connectivity index (χ0v) is 18.8. The Hall–Kier alpha value is -1.35. The fourth-order valence-corrected chi connectivity index (χ4v) is 3.51. The van der Waals surface area contributed by atoms with Crippen LogP contribution in [-0.4, -0.2) is 36.6 Å². The topological polar surface area (TPSA) is 52.6 Å². The zero-order chi connectivity index (χ0) is 17.5. The molecule has 7 heteroatoms. The number of rotatable bonds is 5. The molecule has 1 atom stereocenters. The Balaban J connectivity index is 0.00000243. The number of halogens is 2. The Morgan fingerprint density at radius 3 is 2.81 bits per heavy atom. The van der Waals surface area contributed by atoms with Crippen molar-refractivity contribution in [1.29, 1.82) is 0 Å². The van der Waals surface area contributed by atoms with E-state index in [2.05, 4.69) is 66.6 Å². The average Bonchev–Trinajstić information content (AvgIpc) is 3.09. The van der Waals surface area contributed by atoms with Crippen LogP contribution in [0.4, 0.5) is 5.69 Å².